The van der Waals surface area contributed by atoms with Crippen molar-refractivity contribution in [1.82, 2.24) is 9.21 Å². The molecule has 2 aliphatic heterocycles. The SMILES string of the molecule is O=C(Nc1ccccc1)C1CCN(C(=O)c2ccccc2S(=O)(=O)N2CCCCC2)CC1. The Kier molecular flexibility index (Phi) is 6.91. The second-order valence-corrected chi connectivity index (χ2v) is 10.3. The molecule has 2 aliphatic rings. The minimum absolute atomic E-state index is 0.0450. The van der Waals surface area contributed by atoms with E-state index < -0.39 is 10.0 Å². The summed E-state index contributed by atoms with van der Waals surface area (Å²) in [7, 11) is -3.71. The zero-order valence-corrected chi connectivity index (χ0v) is 18.9. The number of hydrogen-bond donors (Lipinski definition) is 1. The van der Waals surface area contributed by atoms with E-state index in [1.807, 2.05) is 30.3 Å². The normalized spacial score (nSPS) is 18.3. The van der Waals surface area contributed by atoms with Gasteiger partial charge in [-0.15, -0.1) is 0 Å². The number of piperidine rings is 2. The van der Waals surface area contributed by atoms with Crippen LogP contribution in [-0.4, -0.2) is 55.6 Å². The van der Waals surface area contributed by atoms with Crippen LogP contribution in [0, 0.1) is 5.92 Å². The lowest BCUT2D eigenvalue weighted by molar-refractivity contribution is -0.121. The molecule has 1 N–H and O–H groups in total. The number of hydrogen-bond acceptors (Lipinski definition) is 4. The van der Waals surface area contributed by atoms with Gasteiger partial charge in [0, 0.05) is 37.8 Å². The largest absolute Gasteiger partial charge is 0.339 e. The minimum atomic E-state index is -3.71. The Bertz CT molecular complexity index is 1060. The van der Waals surface area contributed by atoms with E-state index in [-0.39, 0.29) is 28.2 Å². The number of benzene rings is 2. The lowest BCUT2D eigenvalue weighted by Crippen LogP contribution is -2.42. The van der Waals surface area contributed by atoms with Crippen molar-refractivity contribution in [3.63, 3.8) is 0 Å². The van der Waals surface area contributed by atoms with Gasteiger partial charge in [0.05, 0.1) is 10.5 Å². The topological polar surface area (TPSA) is 86.8 Å². The monoisotopic (exact) mass is 455 g/mol. The first kappa shape index (κ1) is 22.5. The molecule has 0 saturated carbocycles. The molecule has 8 heteroatoms. The zero-order valence-electron chi connectivity index (χ0n) is 18.1. The van der Waals surface area contributed by atoms with Gasteiger partial charge in [0.2, 0.25) is 15.9 Å². The average Bonchev–Trinajstić information content (AvgIpc) is 2.85. The third-order valence-electron chi connectivity index (χ3n) is 6.24. The predicted octanol–water partition coefficient (Wildman–Crippen LogP) is 3.35. The van der Waals surface area contributed by atoms with Gasteiger partial charge in [-0.3, -0.25) is 9.59 Å². The van der Waals surface area contributed by atoms with Gasteiger partial charge in [0.15, 0.2) is 0 Å². The molecule has 0 unspecified atom stereocenters. The fourth-order valence-corrected chi connectivity index (χ4v) is 6.09. The Balaban J connectivity index is 1.43. The fraction of sp³-hybridized carbons (Fsp3) is 0.417. The van der Waals surface area contributed by atoms with Crippen LogP contribution in [-0.2, 0) is 14.8 Å². The van der Waals surface area contributed by atoms with Crippen molar-refractivity contribution in [1.29, 1.82) is 0 Å². The van der Waals surface area contributed by atoms with Crippen molar-refractivity contribution in [2.24, 2.45) is 5.92 Å². The predicted molar refractivity (Wildman–Crippen MR) is 123 cm³/mol. The van der Waals surface area contributed by atoms with Crippen molar-refractivity contribution in [2.75, 3.05) is 31.5 Å². The number of sulfonamides is 1. The molecule has 7 nitrogen and oxygen atoms in total. The highest BCUT2D eigenvalue weighted by atomic mass is 32.2. The molecule has 2 aromatic carbocycles. The molecular weight excluding hydrogens is 426 g/mol. The molecule has 0 spiro atoms. The number of anilines is 1. The Hall–Kier alpha value is -2.71. The molecule has 2 heterocycles. The van der Waals surface area contributed by atoms with Crippen LogP contribution in [0.1, 0.15) is 42.5 Å². The fourth-order valence-electron chi connectivity index (χ4n) is 4.39. The number of carbonyl (C=O) groups is 2. The van der Waals surface area contributed by atoms with Gasteiger partial charge in [-0.25, -0.2) is 8.42 Å². The van der Waals surface area contributed by atoms with E-state index in [0.29, 0.717) is 39.0 Å². The molecule has 0 aliphatic carbocycles. The van der Waals surface area contributed by atoms with Crippen LogP contribution in [0.2, 0.25) is 0 Å². The lowest BCUT2D eigenvalue weighted by Gasteiger charge is -2.32. The highest BCUT2D eigenvalue weighted by Gasteiger charge is 2.33. The van der Waals surface area contributed by atoms with E-state index in [2.05, 4.69) is 5.32 Å². The minimum Gasteiger partial charge on any atom is -0.339 e. The van der Waals surface area contributed by atoms with Gasteiger partial charge in [0.1, 0.15) is 0 Å². The number of likely N-dealkylation sites (tertiary alicyclic amines) is 1. The average molecular weight is 456 g/mol. The summed E-state index contributed by atoms with van der Waals surface area (Å²) in [6.07, 6.45) is 3.80. The highest BCUT2D eigenvalue weighted by Crippen LogP contribution is 2.26. The second-order valence-electron chi connectivity index (χ2n) is 8.38. The molecule has 0 aromatic heterocycles. The van der Waals surface area contributed by atoms with Crippen LogP contribution in [0.4, 0.5) is 5.69 Å². The maximum absolute atomic E-state index is 13.3. The van der Waals surface area contributed by atoms with Crippen LogP contribution in [0.15, 0.2) is 59.5 Å². The van der Waals surface area contributed by atoms with Crippen LogP contribution in [0.25, 0.3) is 0 Å². The summed E-state index contributed by atoms with van der Waals surface area (Å²) in [5.74, 6) is -0.508. The maximum Gasteiger partial charge on any atom is 0.255 e. The summed E-state index contributed by atoms with van der Waals surface area (Å²) < 4.78 is 27.9. The molecular formula is C24H29N3O4S. The summed E-state index contributed by atoms with van der Waals surface area (Å²) in [5.41, 5.74) is 0.970. The van der Waals surface area contributed by atoms with E-state index in [4.69, 9.17) is 0 Å². The van der Waals surface area contributed by atoms with Crippen LogP contribution >= 0.6 is 0 Å². The Morgan fingerprint density at radius 2 is 1.44 bits per heavy atom. The Morgan fingerprint density at radius 3 is 2.12 bits per heavy atom. The second kappa shape index (κ2) is 9.83. The number of amides is 2. The first-order valence-corrected chi connectivity index (χ1v) is 12.7. The summed E-state index contributed by atoms with van der Waals surface area (Å²) in [4.78, 5) is 27.6. The summed E-state index contributed by atoms with van der Waals surface area (Å²) in [5, 5.41) is 2.93. The van der Waals surface area contributed by atoms with Crippen molar-refractivity contribution in [3.8, 4) is 0 Å². The molecule has 0 radical (unpaired) electrons. The van der Waals surface area contributed by atoms with Crippen molar-refractivity contribution in [2.45, 2.75) is 37.0 Å². The smallest absolute Gasteiger partial charge is 0.255 e. The molecule has 32 heavy (non-hydrogen) atoms. The van der Waals surface area contributed by atoms with E-state index in [1.165, 1.54) is 10.4 Å². The van der Waals surface area contributed by atoms with E-state index in [9.17, 15) is 18.0 Å². The van der Waals surface area contributed by atoms with Crippen LogP contribution in [0.3, 0.4) is 0 Å². The highest BCUT2D eigenvalue weighted by molar-refractivity contribution is 7.89. The zero-order chi connectivity index (χ0) is 22.6. The number of nitrogens with zero attached hydrogens (tertiary/aromatic N) is 2. The maximum atomic E-state index is 13.3. The van der Waals surface area contributed by atoms with E-state index >= 15 is 0 Å². The van der Waals surface area contributed by atoms with Gasteiger partial charge in [-0.2, -0.15) is 4.31 Å². The molecule has 0 bridgehead atoms. The third-order valence-corrected chi connectivity index (χ3v) is 8.20. The standard InChI is InChI=1S/C24H29N3O4S/c28-23(25-20-9-3-1-4-10-20)19-13-17-26(18-14-19)24(29)21-11-5-6-12-22(21)32(30,31)27-15-7-2-8-16-27/h1,3-6,9-12,19H,2,7-8,13-18H2,(H,25,28). The molecule has 2 saturated heterocycles. The van der Waals surface area contributed by atoms with Gasteiger partial charge in [0.25, 0.3) is 5.91 Å². The number of carbonyl (C=O) groups excluding carboxylic acids is 2. The third kappa shape index (κ3) is 4.86. The van der Waals surface area contributed by atoms with E-state index in [0.717, 1.165) is 24.9 Å². The van der Waals surface area contributed by atoms with Crippen LogP contribution < -0.4 is 5.32 Å². The molecule has 170 valence electrons. The van der Waals surface area contributed by atoms with Gasteiger partial charge >= 0.3 is 0 Å². The quantitative estimate of drug-likeness (QED) is 0.749. The van der Waals surface area contributed by atoms with Crippen molar-refractivity contribution in [3.05, 3.63) is 60.2 Å². The van der Waals surface area contributed by atoms with Crippen molar-refractivity contribution < 1.29 is 18.0 Å². The molecule has 2 fully saturated rings. The summed E-state index contributed by atoms with van der Waals surface area (Å²) in [6, 6.07) is 15.8. The van der Waals surface area contributed by atoms with Gasteiger partial charge < -0.3 is 10.2 Å². The van der Waals surface area contributed by atoms with Crippen LogP contribution in [0.5, 0.6) is 0 Å². The van der Waals surface area contributed by atoms with Crippen molar-refractivity contribution >= 4 is 27.5 Å². The van der Waals surface area contributed by atoms with Gasteiger partial charge in [-0.1, -0.05) is 36.8 Å². The molecule has 2 amide bonds. The summed E-state index contributed by atoms with van der Waals surface area (Å²) >= 11 is 0. The first-order valence-electron chi connectivity index (χ1n) is 11.2. The Morgan fingerprint density at radius 1 is 0.812 bits per heavy atom. The first-order chi connectivity index (χ1) is 15.5. The number of nitrogens with one attached hydrogen (secondary N) is 1. The molecule has 2 aromatic rings. The molecule has 0 atom stereocenters. The lowest BCUT2D eigenvalue weighted by atomic mass is 9.95. The summed E-state index contributed by atoms with van der Waals surface area (Å²) in [6.45, 7) is 1.83. The van der Waals surface area contributed by atoms with E-state index in [1.54, 1.807) is 23.1 Å². The number of para-hydroxylation sites is 1. The number of rotatable bonds is 5. The molecule has 4 rings (SSSR count). The Labute approximate surface area is 189 Å². The van der Waals surface area contributed by atoms with Gasteiger partial charge in [-0.05, 0) is 49.9 Å².